The summed E-state index contributed by atoms with van der Waals surface area (Å²) in [6.45, 7) is 3.10. The molecule has 4 heteroatoms. The first-order valence-electron chi connectivity index (χ1n) is 11.7. The van der Waals surface area contributed by atoms with Crippen LogP contribution >= 0.6 is 0 Å². The number of nitrogens with zero attached hydrogens (tertiary/aromatic N) is 3. The third-order valence-electron chi connectivity index (χ3n) is 5.61. The number of pyridine rings is 1. The summed E-state index contributed by atoms with van der Waals surface area (Å²) in [4.78, 5) is 4.21. The molecule has 0 atom stereocenters. The molecule has 0 aliphatic rings. The zero-order valence-electron chi connectivity index (χ0n) is 21.4. The van der Waals surface area contributed by atoms with Crippen molar-refractivity contribution in [2.24, 2.45) is 0 Å². The molecule has 2 aromatic carbocycles. The highest BCUT2D eigenvalue weighted by molar-refractivity contribution is 5.61. The Kier molecular flexibility index (Phi) is 11.5. The molecule has 0 aliphatic heterocycles. The summed E-state index contributed by atoms with van der Waals surface area (Å²) in [7, 11) is 8.22. The number of anilines is 2. The fourth-order valence-electron chi connectivity index (χ4n) is 3.52. The highest BCUT2D eigenvalue weighted by Gasteiger charge is 2.05. The molecule has 3 aromatic rings. The van der Waals surface area contributed by atoms with Crippen molar-refractivity contribution in [1.82, 2.24) is 0 Å². The zero-order valence-corrected chi connectivity index (χ0v) is 23.6. The predicted molar refractivity (Wildman–Crippen MR) is 150 cm³/mol. The van der Waals surface area contributed by atoms with Crippen LogP contribution in [0.25, 0.3) is 24.3 Å². The fraction of sp³-hybridized carbons (Fsp3) is 0.194. The van der Waals surface area contributed by atoms with E-state index in [1.165, 1.54) is 33.8 Å². The molecule has 0 amide bonds. The van der Waals surface area contributed by atoms with Crippen molar-refractivity contribution in [2.75, 3.05) is 38.0 Å². The summed E-state index contributed by atoms with van der Waals surface area (Å²) in [5, 5.41) is 0. The Balaban J connectivity index is 0.00000432. The van der Waals surface area contributed by atoms with Crippen LogP contribution in [0, 0.1) is 0 Å². The Bertz CT molecular complexity index is 1170. The van der Waals surface area contributed by atoms with E-state index in [0.29, 0.717) is 0 Å². The Labute approximate surface area is 228 Å². The molecule has 0 bridgehead atoms. The second-order valence-corrected chi connectivity index (χ2v) is 8.58. The van der Waals surface area contributed by atoms with Crippen LogP contribution in [0.4, 0.5) is 11.4 Å². The Morgan fingerprint density at radius 3 is 1.46 bits per heavy atom. The van der Waals surface area contributed by atoms with Crippen molar-refractivity contribution in [2.45, 2.75) is 13.5 Å². The van der Waals surface area contributed by atoms with Crippen LogP contribution in [0.2, 0.25) is 0 Å². The lowest BCUT2D eigenvalue weighted by Crippen LogP contribution is -3.00. The van der Waals surface area contributed by atoms with Gasteiger partial charge in [0.15, 0.2) is 6.20 Å². The van der Waals surface area contributed by atoms with E-state index in [9.17, 15) is 0 Å². The Morgan fingerprint density at radius 1 is 0.600 bits per heavy atom. The summed E-state index contributed by atoms with van der Waals surface area (Å²) in [6.07, 6.45) is 19.1. The first-order valence-corrected chi connectivity index (χ1v) is 11.7. The summed E-state index contributed by atoms with van der Waals surface area (Å²) in [5.41, 5.74) is 7.16. The van der Waals surface area contributed by atoms with Crippen LogP contribution in [-0.2, 0) is 6.54 Å². The molecule has 0 saturated heterocycles. The first kappa shape index (κ1) is 28.1. The molecule has 0 N–H and O–H groups in total. The van der Waals surface area contributed by atoms with Crippen molar-refractivity contribution in [3.05, 3.63) is 114 Å². The van der Waals surface area contributed by atoms with Crippen molar-refractivity contribution < 1.29 is 28.5 Å². The lowest BCUT2D eigenvalue weighted by molar-refractivity contribution is -0.695. The van der Waals surface area contributed by atoms with Gasteiger partial charge in [0.05, 0.1) is 0 Å². The standard InChI is InChI=1S/C31H36N3.HI/c1-6-34-24-23-28(13-8-7-11-26-15-19-29(20-16-26)32(2)3)25-31(34)14-10-9-12-27-17-21-30(22-18-27)33(4)5;/h7-25H,6H2,1-5H3;1H/q+1;/p-1. The molecule has 35 heavy (non-hydrogen) atoms. The van der Waals surface area contributed by atoms with Crippen molar-refractivity contribution in [1.29, 1.82) is 0 Å². The monoisotopic (exact) mass is 577 g/mol. The van der Waals surface area contributed by atoms with Crippen LogP contribution in [0.5, 0.6) is 0 Å². The molecule has 3 rings (SSSR count). The van der Waals surface area contributed by atoms with E-state index in [4.69, 9.17) is 0 Å². The maximum atomic E-state index is 2.25. The molecule has 1 aromatic heterocycles. The third kappa shape index (κ3) is 8.87. The molecule has 0 saturated carbocycles. The lowest BCUT2D eigenvalue weighted by atomic mass is 10.1. The minimum absolute atomic E-state index is 0. The van der Waals surface area contributed by atoms with Crippen LogP contribution in [0.1, 0.15) is 29.3 Å². The van der Waals surface area contributed by atoms with E-state index in [1.54, 1.807) is 0 Å². The largest absolute Gasteiger partial charge is 1.00 e. The lowest BCUT2D eigenvalue weighted by Gasteiger charge is -2.11. The SMILES string of the molecule is CC[n+]1ccc(C=CC=Cc2ccc(N(C)C)cc2)cc1C=CC=Cc1ccc(N(C)C)cc1.[I-]. The number of halogens is 1. The van der Waals surface area contributed by atoms with E-state index in [0.717, 1.165) is 6.54 Å². The Morgan fingerprint density at radius 2 is 1.03 bits per heavy atom. The van der Waals surface area contributed by atoms with Crippen LogP contribution < -0.4 is 38.3 Å². The normalized spacial score (nSPS) is 11.6. The first-order chi connectivity index (χ1) is 16.5. The fourth-order valence-corrected chi connectivity index (χ4v) is 3.52. The van der Waals surface area contributed by atoms with Crippen LogP contribution in [-0.4, -0.2) is 28.2 Å². The van der Waals surface area contributed by atoms with Crippen LogP contribution in [0.3, 0.4) is 0 Å². The number of rotatable bonds is 9. The van der Waals surface area contributed by atoms with E-state index in [1.807, 2.05) is 0 Å². The van der Waals surface area contributed by atoms with Crippen molar-refractivity contribution >= 4 is 35.7 Å². The molecule has 0 spiro atoms. The van der Waals surface area contributed by atoms with Gasteiger partial charge in [-0.2, -0.15) is 4.57 Å². The minimum atomic E-state index is 0. The molecule has 0 radical (unpaired) electrons. The highest BCUT2D eigenvalue weighted by atomic mass is 127. The van der Waals surface area contributed by atoms with Gasteiger partial charge in [0, 0.05) is 57.8 Å². The van der Waals surface area contributed by atoms with Gasteiger partial charge in [0.2, 0.25) is 5.69 Å². The molecular formula is C31H36IN3. The van der Waals surface area contributed by atoms with Crippen LogP contribution in [0.15, 0.2) is 91.2 Å². The maximum absolute atomic E-state index is 2.25. The number of hydrogen-bond donors (Lipinski definition) is 0. The minimum Gasteiger partial charge on any atom is -1.00 e. The van der Waals surface area contributed by atoms with Gasteiger partial charge in [-0.3, -0.25) is 0 Å². The number of hydrogen-bond acceptors (Lipinski definition) is 2. The number of aryl methyl sites for hydroxylation is 1. The molecular weight excluding hydrogens is 541 g/mol. The van der Waals surface area contributed by atoms with Crippen molar-refractivity contribution in [3.63, 3.8) is 0 Å². The van der Waals surface area contributed by atoms with Gasteiger partial charge in [0.1, 0.15) is 6.54 Å². The van der Waals surface area contributed by atoms with Gasteiger partial charge in [-0.05, 0) is 47.9 Å². The van der Waals surface area contributed by atoms with Gasteiger partial charge in [-0.25, -0.2) is 0 Å². The molecule has 1 heterocycles. The Hall–Kier alpha value is -3.12. The quantitative estimate of drug-likeness (QED) is 0.219. The van der Waals surface area contributed by atoms with Gasteiger partial charge >= 0.3 is 0 Å². The number of benzene rings is 2. The van der Waals surface area contributed by atoms with Gasteiger partial charge in [0.25, 0.3) is 0 Å². The number of aromatic nitrogens is 1. The topological polar surface area (TPSA) is 10.4 Å². The molecule has 0 fully saturated rings. The summed E-state index contributed by atoms with van der Waals surface area (Å²) in [5.74, 6) is 0. The highest BCUT2D eigenvalue weighted by Crippen LogP contribution is 2.14. The molecule has 3 nitrogen and oxygen atoms in total. The van der Waals surface area contributed by atoms with Gasteiger partial charge in [-0.1, -0.05) is 66.8 Å². The second-order valence-electron chi connectivity index (χ2n) is 8.58. The van der Waals surface area contributed by atoms with E-state index >= 15 is 0 Å². The maximum Gasteiger partial charge on any atom is 0.205 e. The zero-order chi connectivity index (χ0) is 24.3. The van der Waals surface area contributed by atoms with Crippen molar-refractivity contribution in [3.8, 4) is 0 Å². The summed E-state index contributed by atoms with van der Waals surface area (Å²) in [6, 6.07) is 21.5. The van der Waals surface area contributed by atoms with E-state index in [-0.39, 0.29) is 24.0 Å². The second kappa shape index (κ2) is 14.3. The third-order valence-corrected chi connectivity index (χ3v) is 5.61. The average molecular weight is 578 g/mol. The molecule has 0 unspecified atom stereocenters. The van der Waals surface area contributed by atoms with Gasteiger partial charge in [-0.15, -0.1) is 0 Å². The smallest absolute Gasteiger partial charge is 0.205 e. The molecule has 0 aliphatic carbocycles. The predicted octanol–water partition coefficient (Wildman–Crippen LogP) is 3.58. The molecule has 182 valence electrons. The summed E-state index contributed by atoms with van der Waals surface area (Å²) >= 11 is 0. The van der Waals surface area contributed by atoms with E-state index < -0.39 is 0 Å². The van der Waals surface area contributed by atoms with Gasteiger partial charge < -0.3 is 33.8 Å². The average Bonchev–Trinajstić information content (AvgIpc) is 2.85. The summed E-state index contributed by atoms with van der Waals surface area (Å²) < 4.78 is 2.25. The van der Waals surface area contributed by atoms with E-state index in [2.05, 4.69) is 165 Å². The number of allylic oxidation sites excluding steroid dienone is 4.